The fourth-order valence-corrected chi connectivity index (χ4v) is 5.34. The summed E-state index contributed by atoms with van der Waals surface area (Å²) in [7, 11) is 0. The standard InChI is InChI=1S/C31H31NO6S/c1-23(33)37-31(30-32-17-18-39-30)29(36-21-26-15-9-4-10-16-26)28(35-20-25-13-7-3-8-14-25)27(38-31)22-34-19-24-11-5-2-6-12-24/h2-18,27-29H,19-22H2,1H3/t27-,28-,29-,31-/m1/s1. The summed E-state index contributed by atoms with van der Waals surface area (Å²) in [6, 6.07) is 29.6. The summed E-state index contributed by atoms with van der Waals surface area (Å²) in [5, 5.41) is 2.30. The van der Waals surface area contributed by atoms with Crippen LogP contribution in [0.2, 0.25) is 0 Å². The topological polar surface area (TPSA) is 76.1 Å². The Kier molecular flexibility index (Phi) is 9.13. The molecule has 5 rings (SSSR count). The second-order valence-electron chi connectivity index (χ2n) is 9.23. The van der Waals surface area contributed by atoms with Crippen LogP contribution in [0.4, 0.5) is 0 Å². The van der Waals surface area contributed by atoms with Crippen molar-refractivity contribution in [3.8, 4) is 0 Å². The lowest BCUT2D eigenvalue weighted by Crippen LogP contribution is -2.46. The zero-order valence-corrected chi connectivity index (χ0v) is 22.5. The molecular formula is C31H31NO6S. The molecule has 3 aromatic carbocycles. The predicted octanol–water partition coefficient (Wildman–Crippen LogP) is 5.65. The zero-order chi connectivity index (χ0) is 26.9. The van der Waals surface area contributed by atoms with Crippen molar-refractivity contribution in [2.75, 3.05) is 6.61 Å². The summed E-state index contributed by atoms with van der Waals surface area (Å²) in [5.74, 6) is -2.09. The van der Waals surface area contributed by atoms with E-state index >= 15 is 0 Å². The molecule has 0 aliphatic carbocycles. The fourth-order valence-electron chi connectivity index (χ4n) is 4.60. The Hall–Kier alpha value is -3.40. The van der Waals surface area contributed by atoms with E-state index in [9.17, 15) is 4.79 Å². The number of hydrogen-bond acceptors (Lipinski definition) is 8. The molecule has 1 aliphatic heterocycles. The Bertz CT molecular complexity index is 1290. The first-order valence-corrected chi connectivity index (χ1v) is 13.7. The first-order valence-electron chi connectivity index (χ1n) is 12.8. The van der Waals surface area contributed by atoms with Crippen molar-refractivity contribution in [1.82, 2.24) is 4.98 Å². The molecule has 4 atom stereocenters. The SMILES string of the molecule is CC(=O)O[C@@]1(c2nccs2)O[C@H](COCc2ccccc2)[C@@H](OCc2ccccc2)[C@H]1OCc1ccccc1. The third-order valence-electron chi connectivity index (χ3n) is 6.34. The van der Waals surface area contributed by atoms with Gasteiger partial charge in [0.1, 0.15) is 12.2 Å². The van der Waals surface area contributed by atoms with E-state index in [2.05, 4.69) is 4.98 Å². The van der Waals surface area contributed by atoms with Crippen molar-refractivity contribution in [2.45, 2.75) is 50.8 Å². The van der Waals surface area contributed by atoms with Crippen molar-refractivity contribution < 1.29 is 28.5 Å². The quantitative estimate of drug-likeness (QED) is 0.213. The molecule has 39 heavy (non-hydrogen) atoms. The normalized spacial score (nSPS) is 22.5. The number of hydrogen-bond donors (Lipinski definition) is 0. The highest BCUT2D eigenvalue weighted by atomic mass is 32.1. The second kappa shape index (κ2) is 13.1. The van der Waals surface area contributed by atoms with Gasteiger partial charge in [0, 0.05) is 18.5 Å². The van der Waals surface area contributed by atoms with E-state index in [0.717, 1.165) is 16.7 Å². The van der Waals surface area contributed by atoms with Gasteiger partial charge < -0.3 is 23.7 Å². The minimum Gasteiger partial charge on any atom is -0.423 e. The zero-order valence-electron chi connectivity index (χ0n) is 21.7. The summed E-state index contributed by atoms with van der Waals surface area (Å²) in [6.45, 7) is 2.55. The number of esters is 1. The average molecular weight is 546 g/mol. The highest BCUT2D eigenvalue weighted by Gasteiger charge is 2.62. The van der Waals surface area contributed by atoms with Gasteiger partial charge in [0.05, 0.1) is 26.4 Å². The lowest BCUT2D eigenvalue weighted by atomic mass is 10.0. The molecule has 1 saturated heterocycles. The molecule has 202 valence electrons. The molecule has 2 heterocycles. The van der Waals surface area contributed by atoms with Crippen molar-refractivity contribution >= 4 is 17.3 Å². The van der Waals surface area contributed by atoms with Crippen LogP contribution in [-0.4, -0.2) is 35.9 Å². The minimum atomic E-state index is -1.59. The van der Waals surface area contributed by atoms with Crippen molar-refractivity contribution in [3.63, 3.8) is 0 Å². The van der Waals surface area contributed by atoms with Crippen LogP contribution in [0.1, 0.15) is 28.6 Å². The highest BCUT2D eigenvalue weighted by molar-refractivity contribution is 7.09. The van der Waals surface area contributed by atoms with E-state index in [1.807, 2.05) is 96.4 Å². The van der Waals surface area contributed by atoms with Gasteiger partial charge in [0.15, 0.2) is 11.1 Å². The summed E-state index contributed by atoms with van der Waals surface area (Å²) in [5.41, 5.74) is 3.02. The van der Waals surface area contributed by atoms with E-state index in [4.69, 9.17) is 23.7 Å². The molecule has 4 aromatic rings. The van der Waals surface area contributed by atoms with E-state index in [1.54, 1.807) is 6.20 Å². The predicted molar refractivity (Wildman–Crippen MR) is 147 cm³/mol. The summed E-state index contributed by atoms with van der Waals surface area (Å²) in [4.78, 5) is 16.9. The van der Waals surface area contributed by atoms with Gasteiger partial charge in [-0.25, -0.2) is 4.98 Å². The average Bonchev–Trinajstić information content (AvgIpc) is 3.60. The van der Waals surface area contributed by atoms with Gasteiger partial charge in [-0.15, -0.1) is 11.3 Å². The molecule has 0 radical (unpaired) electrons. The Morgan fingerprint density at radius 3 is 1.95 bits per heavy atom. The third-order valence-corrected chi connectivity index (χ3v) is 7.21. The van der Waals surface area contributed by atoms with Gasteiger partial charge in [-0.05, 0) is 16.7 Å². The van der Waals surface area contributed by atoms with Crippen molar-refractivity contribution in [1.29, 1.82) is 0 Å². The molecule has 1 aliphatic rings. The van der Waals surface area contributed by atoms with E-state index < -0.39 is 30.1 Å². The third kappa shape index (κ3) is 6.79. The number of rotatable bonds is 12. The van der Waals surface area contributed by atoms with Crippen molar-refractivity contribution in [2.24, 2.45) is 0 Å². The number of aromatic nitrogens is 1. The van der Waals surface area contributed by atoms with Gasteiger partial charge >= 0.3 is 5.97 Å². The molecule has 7 nitrogen and oxygen atoms in total. The molecule has 0 amide bonds. The number of carbonyl (C=O) groups is 1. The first kappa shape index (κ1) is 27.2. The summed E-state index contributed by atoms with van der Waals surface area (Å²) >= 11 is 1.34. The molecule has 0 N–H and O–H groups in total. The van der Waals surface area contributed by atoms with E-state index in [-0.39, 0.29) is 13.2 Å². The maximum Gasteiger partial charge on any atom is 0.305 e. The van der Waals surface area contributed by atoms with Gasteiger partial charge in [-0.3, -0.25) is 4.79 Å². The lowest BCUT2D eigenvalue weighted by Gasteiger charge is -2.32. The number of carbonyl (C=O) groups excluding carboxylic acids is 1. The van der Waals surface area contributed by atoms with Gasteiger partial charge in [0.25, 0.3) is 5.79 Å². The van der Waals surface area contributed by atoms with E-state index in [0.29, 0.717) is 18.2 Å². The van der Waals surface area contributed by atoms with Crippen LogP contribution in [-0.2, 0) is 54.1 Å². The summed E-state index contributed by atoms with van der Waals surface area (Å²) in [6.07, 6.45) is -0.363. The van der Waals surface area contributed by atoms with Crippen LogP contribution in [0.5, 0.6) is 0 Å². The van der Waals surface area contributed by atoms with Gasteiger partial charge in [0.2, 0.25) is 0 Å². The smallest absolute Gasteiger partial charge is 0.305 e. The van der Waals surface area contributed by atoms with E-state index in [1.165, 1.54) is 18.3 Å². The Morgan fingerprint density at radius 1 is 0.846 bits per heavy atom. The van der Waals surface area contributed by atoms with Gasteiger partial charge in [-0.1, -0.05) is 91.0 Å². The monoisotopic (exact) mass is 545 g/mol. The molecule has 1 aromatic heterocycles. The summed E-state index contributed by atoms with van der Waals surface area (Å²) < 4.78 is 31.6. The molecule has 0 unspecified atom stereocenters. The van der Waals surface area contributed by atoms with Crippen molar-refractivity contribution in [3.05, 3.63) is 124 Å². The molecule has 0 bridgehead atoms. The molecule has 0 saturated carbocycles. The molecular weight excluding hydrogens is 514 g/mol. The van der Waals surface area contributed by atoms with Crippen LogP contribution in [0.3, 0.4) is 0 Å². The molecule has 8 heteroatoms. The van der Waals surface area contributed by atoms with Crippen LogP contribution in [0.15, 0.2) is 103 Å². The second-order valence-corrected chi connectivity index (χ2v) is 10.1. The maximum absolute atomic E-state index is 12.5. The minimum absolute atomic E-state index is 0.202. The van der Waals surface area contributed by atoms with Crippen LogP contribution in [0.25, 0.3) is 0 Å². The number of nitrogens with zero attached hydrogens (tertiary/aromatic N) is 1. The van der Waals surface area contributed by atoms with Crippen LogP contribution >= 0.6 is 11.3 Å². The number of benzene rings is 3. The Labute approximate surface area is 232 Å². The Morgan fingerprint density at radius 2 is 1.41 bits per heavy atom. The van der Waals surface area contributed by atoms with Gasteiger partial charge in [-0.2, -0.15) is 0 Å². The highest BCUT2D eigenvalue weighted by Crippen LogP contribution is 2.45. The number of ether oxygens (including phenoxy) is 5. The van der Waals surface area contributed by atoms with Crippen LogP contribution < -0.4 is 0 Å². The van der Waals surface area contributed by atoms with Crippen LogP contribution in [0, 0.1) is 0 Å². The largest absolute Gasteiger partial charge is 0.423 e. The molecule has 1 fully saturated rings. The fraction of sp³-hybridized carbons (Fsp3) is 0.290. The Balaban J connectivity index is 1.45. The first-order chi connectivity index (χ1) is 19.1. The molecule has 0 spiro atoms. The number of thiazole rings is 1. The lowest BCUT2D eigenvalue weighted by molar-refractivity contribution is -0.267. The maximum atomic E-state index is 12.5.